The lowest BCUT2D eigenvalue weighted by Crippen LogP contribution is -2.08. The highest BCUT2D eigenvalue weighted by molar-refractivity contribution is 9.11. The minimum Gasteiger partial charge on any atom is -0.421 e. The second-order valence-electron chi connectivity index (χ2n) is 6.63. The monoisotopic (exact) mass is 634 g/mol. The van der Waals surface area contributed by atoms with E-state index in [2.05, 4.69) is 68.0 Å². The maximum atomic E-state index is 13.6. The highest BCUT2D eigenvalue weighted by atomic mass is 79.9. The normalized spacial score (nSPS) is 11.6. The molecule has 0 saturated carbocycles. The van der Waals surface area contributed by atoms with Gasteiger partial charge >= 0.3 is 12.2 Å². The SMILES string of the molecule is CC(C)n1nc(Br)nc1Br.CC(C)n1nc(Br)nc1Oc1cc(C(F)(F)F)ccc1F. The summed E-state index contributed by atoms with van der Waals surface area (Å²) in [5, 5.41) is 8.04. The molecule has 0 fully saturated rings. The lowest BCUT2D eigenvalue weighted by atomic mass is 10.2. The molecule has 2 heterocycles. The quantitative estimate of drug-likeness (QED) is 0.290. The average Bonchev–Trinajstić information content (AvgIpc) is 3.18. The van der Waals surface area contributed by atoms with E-state index in [1.54, 1.807) is 18.5 Å². The Morgan fingerprint density at radius 1 is 0.903 bits per heavy atom. The Kier molecular flexibility index (Phi) is 8.62. The first-order chi connectivity index (χ1) is 14.3. The lowest BCUT2D eigenvalue weighted by molar-refractivity contribution is -0.137. The van der Waals surface area contributed by atoms with E-state index in [0.717, 1.165) is 4.73 Å². The van der Waals surface area contributed by atoms with Crippen molar-refractivity contribution in [2.45, 2.75) is 46.0 Å². The van der Waals surface area contributed by atoms with E-state index >= 15 is 0 Å². The Labute approximate surface area is 200 Å². The smallest absolute Gasteiger partial charge is 0.416 e. The van der Waals surface area contributed by atoms with Crippen molar-refractivity contribution in [2.75, 3.05) is 0 Å². The summed E-state index contributed by atoms with van der Waals surface area (Å²) in [7, 11) is 0. The number of hydrogen-bond acceptors (Lipinski definition) is 5. The maximum absolute atomic E-state index is 13.6. The molecule has 0 saturated heterocycles. The third kappa shape index (κ3) is 6.97. The van der Waals surface area contributed by atoms with Gasteiger partial charge in [0.25, 0.3) is 0 Å². The summed E-state index contributed by atoms with van der Waals surface area (Å²) in [5.41, 5.74) is -1.01. The fourth-order valence-corrected chi connectivity index (χ4v) is 3.71. The molecule has 0 amide bonds. The van der Waals surface area contributed by atoms with E-state index in [9.17, 15) is 17.6 Å². The van der Waals surface area contributed by atoms with E-state index in [-0.39, 0.29) is 16.8 Å². The zero-order chi connectivity index (χ0) is 23.5. The number of halogens is 7. The maximum Gasteiger partial charge on any atom is 0.416 e. The number of nitrogens with zero attached hydrogens (tertiary/aromatic N) is 6. The van der Waals surface area contributed by atoms with Crippen LogP contribution in [0.15, 0.2) is 32.4 Å². The van der Waals surface area contributed by atoms with Crippen molar-refractivity contribution in [1.29, 1.82) is 0 Å². The summed E-state index contributed by atoms with van der Waals surface area (Å²) >= 11 is 9.49. The molecule has 170 valence electrons. The highest BCUT2D eigenvalue weighted by Crippen LogP contribution is 2.34. The van der Waals surface area contributed by atoms with Crippen LogP contribution in [0.4, 0.5) is 17.6 Å². The van der Waals surface area contributed by atoms with Crippen LogP contribution in [0.1, 0.15) is 45.3 Å². The van der Waals surface area contributed by atoms with Crippen LogP contribution in [0, 0.1) is 5.82 Å². The van der Waals surface area contributed by atoms with Gasteiger partial charge in [-0.1, -0.05) is 0 Å². The first-order valence-electron chi connectivity index (χ1n) is 8.73. The molecule has 7 nitrogen and oxygen atoms in total. The van der Waals surface area contributed by atoms with Gasteiger partial charge in [-0.05, 0) is 93.7 Å². The average molecular weight is 637 g/mol. The minimum absolute atomic E-state index is 0.102. The Bertz CT molecular complexity index is 1040. The molecule has 3 rings (SSSR count). The molecule has 0 atom stereocenters. The van der Waals surface area contributed by atoms with Crippen LogP contribution < -0.4 is 4.74 Å². The standard InChI is InChI=1S/C12H10BrF4N3O.C5H7Br2N3/c1-6(2)20-11(18-10(13)19-20)21-9-5-7(12(15,16)17)3-4-8(9)14;1-3(2)10-5(7)8-4(6)9-10/h3-6H,1-2H3;3H,1-2H3. The number of benzene rings is 1. The van der Waals surface area contributed by atoms with Gasteiger partial charge in [-0.25, -0.2) is 13.8 Å². The summed E-state index contributed by atoms with van der Waals surface area (Å²) in [6, 6.07) is 2.01. The largest absolute Gasteiger partial charge is 0.421 e. The summed E-state index contributed by atoms with van der Waals surface area (Å²) in [4.78, 5) is 7.88. The fraction of sp³-hybridized carbons (Fsp3) is 0.412. The number of aromatic nitrogens is 6. The van der Waals surface area contributed by atoms with Crippen LogP contribution in [0.25, 0.3) is 0 Å². The zero-order valence-electron chi connectivity index (χ0n) is 16.6. The van der Waals surface area contributed by atoms with Crippen LogP contribution in [-0.4, -0.2) is 29.5 Å². The Hall–Kier alpha value is -1.54. The molecule has 0 aliphatic rings. The first-order valence-corrected chi connectivity index (χ1v) is 11.1. The van der Waals surface area contributed by atoms with Gasteiger partial charge in [0.15, 0.2) is 16.3 Å². The van der Waals surface area contributed by atoms with E-state index in [0.29, 0.717) is 29.0 Å². The molecule has 0 spiro atoms. The third-order valence-electron chi connectivity index (χ3n) is 3.58. The summed E-state index contributed by atoms with van der Waals surface area (Å²) in [5.74, 6) is -1.48. The molecular formula is C17H17Br3F4N6O. The Balaban J connectivity index is 0.000000285. The second-order valence-corrected chi connectivity index (χ2v) is 8.76. The van der Waals surface area contributed by atoms with Gasteiger partial charge in [0.2, 0.25) is 9.47 Å². The lowest BCUT2D eigenvalue weighted by Gasteiger charge is -2.12. The summed E-state index contributed by atoms with van der Waals surface area (Å²) in [6.45, 7) is 7.64. The first kappa shape index (κ1) is 25.7. The van der Waals surface area contributed by atoms with Crippen molar-refractivity contribution in [3.63, 3.8) is 0 Å². The predicted octanol–water partition coefficient (Wildman–Crippen LogP) is 6.96. The summed E-state index contributed by atoms with van der Waals surface area (Å²) in [6.07, 6.45) is -4.59. The van der Waals surface area contributed by atoms with Crippen molar-refractivity contribution < 1.29 is 22.3 Å². The van der Waals surface area contributed by atoms with Gasteiger partial charge in [-0.2, -0.15) is 23.1 Å². The fourth-order valence-electron chi connectivity index (χ4n) is 2.15. The number of ether oxygens (including phenoxy) is 1. The third-order valence-corrected chi connectivity index (χ3v) is 4.79. The van der Waals surface area contributed by atoms with Gasteiger partial charge in [0.05, 0.1) is 11.6 Å². The van der Waals surface area contributed by atoms with Crippen LogP contribution in [-0.2, 0) is 6.18 Å². The molecule has 3 aromatic rings. The molecule has 0 aliphatic carbocycles. The number of rotatable bonds is 4. The van der Waals surface area contributed by atoms with Crippen LogP contribution in [0.2, 0.25) is 0 Å². The van der Waals surface area contributed by atoms with Gasteiger partial charge in [0.1, 0.15) is 0 Å². The molecule has 1 aromatic carbocycles. The van der Waals surface area contributed by atoms with Crippen molar-refractivity contribution in [3.05, 3.63) is 43.8 Å². The molecule has 31 heavy (non-hydrogen) atoms. The molecular weight excluding hydrogens is 620 g/mol. The Morgan fingerprint density at radius 3 is 1.90 bits per heavy atom. The molecule has 0 unspecified atom stereocenters. The molecule has 2 aromatic heterocycles. The van der Waals surface area contributed by atoms with Crippen molar-refractivity contribution in [1.82, 2.24) is 29.5 Å². The van der Waals surface area contributed by atoms with E-state index in [4.69, 9.17) is 4.74 Å². The molecule has 0 aliphatic heterocycles. The number of alkyl halides is 3. The van der Waals surface area contributed by atoms with Gasteiger partial charge in [-0.3, -0.25) is 0 Å². The minimum atomic E-state index is -4.59. The van der Waals surface area contributed by atoms with Gasteiger partial charge < -0.3 is 4.74 Å². The molecule has 0 radical (unpaired) electrons. The molecule has 14 heteroatoms. The van der Waals surface area contributed by atoms with Crippen LogP contribution in [0.5, 0.6) is 11.8 Å². The molecule has 0 N–H and O–H groups in total. The second kappa shape index (κ2) is 10.4. The zero-order valence-corrected chi connectivity index (χ0v) is 21.4. The highest BCUT2D eigenvalue weighted by Gasteiger charge is 2.31. The van der Waals surface area contributed by atoms with E-state index < -0.39 is 23.3 Å². The van der Waals surface area contributed by atoms with Gasteiger partial charge in [0, 0.05) is 6.04 Å². The topological polar surface area (TPSA) is 70.7 Å². The summed E-state index contributed by atoms with van der Waals surface area (Å²) < 4.78 is 61.3. The van der Waals surface area contributed by atoms with Crippen LogP contribution in [0.3, 0.4) is 0 Å². The van der Waals surface area contributed by atoms with Crippen LogP contribution >= 0.6 is 47.8 Å². The molecule has 0 bridgehead atoms. The van der Waals surface area contributed by atoms with Crippen molar-refractivity contribution in [2.24, 2.45) is 0 Å². The number of hydrogen-bond donors (Lipinski definition) is 0. The van der Waals surface area contributed by atoms with Crippen molar-refractivity contribution >= 4 is 47.8 Å². The van der Waals surface area contributed by atoms with Crippen molar-refractivity contribution in [3.8, 4) is 11.8 Å². The predicted molar refractivity (Wildman–Crippen MR) is 115 cm³/mol. The Morgan fingerprint density at radius 2 is 1.45 bits per heavy atom. The van der Waals surface area contributed by atoms with Gasteiger partial charge in [-0.15, -0.1) is 10.2 Å². The van der Waals surface area contributed by atoms with E-state index in [1.807, 2.05) is 13.8 Å². The van der Waals surface area contributed by atoms with E-state index in [1.165, 1.54) is 4.68 Å².